The Bertz CT molecular complexity index is 1460. The standard InChI is InChI=1S/C21H20N8O5S2/c1-9-23-11-3-4-28(6-12(11)24-9)5-10-7-35-19-15(18(31)29(19)16(10)20(32)33)26-17(30)14(27-34-2)13-8-36-21(22)25-13/h3-4,6,8,15,19H,5,7H2,1-2H3,(H4,22,25,26,30,32,33)/p+1/t15?,19-/m0/s1. The number of nitrogen functional groups attached to an aromatic ring is 1. The van der Waals surface area contributed by atoms with Crippen LogP contribution in [-0.2, 0) is 25.8 Å². The van der Waals surface area contributed by atoms with Gasteiger partial charge in [0.2, 0.25) is 0 Å². The number of anilines is 1. The van der Waals surface area contributed by atoms with E-state index in [1.54, 1.807) is 5.38 Å². The Balaban J connectivity index is 1.36. The first-order chi connectivity index (χ1) is 17.3. The predicted molar refractivity (Wildman–Crippen MR) is 131 cm³/mol. The fourth-order valence-corrected chi connectivity index (χ4v) is 6.04. The second-order valence-corrected chi connectivity index (χ2v) is 10.0. The molecule has 5 N–H and O–H groups in total. The molecule has 3 aromatic heterocycles. The number of aliphatic carboxylic acids is 1. The molecule has 2 aliphatic rings. The van der Waals surface area contributed by atoms with Crippen LogP contribution >= 0.6 is 23.1 Å². The van der Waals surface area contributed by atoms with Crippen molar-refractivity contribution in [2.75, 3.05) is 18.6 Å². The van der Waals surface area contributed by atoms with E-state index in [1.807, 2.05) is 30.0 Å². The maximum Gasteiger partial charge on any atom is 0.352 e. The summed E-state index contributed by atoms with van der Waals surface area (Å²) < 4.78 is 1.84. The van der Waals surface area contributed by atoms with Gasteiger partial charge in [-0.3, -0.25) is 14.5 Å². The number of fused-ring (bicyclic) bond motifs is 2. The summed E-state index contributed by atoms with van der Waals surface area (Å²) in [5.41, 5.74) is 7.88. The van der Waals surface area contributed by atoms with Gasteiger partial charge in [-0.15, -0.1) is 23.1 Å². The summed E-state index contributed by atoms with van der Waals surface area (Å²) >= 11 is 2.51. The van der Waals surface area contributed by atoms with Gasteiger partial charge in [-0.25, -0.2) is 14.8 Å². The smallest absolute Gasteiger partial charge is 0.352 e. The number of nitrogens with zero attached hydrogens (tertiary/aromatic N) is 5. The third kappa shape index (κ3) is 4.15. The Kier molecular flexibility index (Phi) is 6.09. The minimum atomic E-state index is -1.20. The molecule has 2 aliphatic heterocycles. The number of rotatable bonds is 7. The Morgan fingerprint density at radius 3 is 2.94 bits per heavy atom. The number of oxime groups is 1. The maximum atomic E-state index is 13.0. The Morgan fingerprint density at radius 2 is 2.25 bits per heavy atom. The molecule has 5 rings (SSSR count). The second-order valence-electron chi connectivity index (χ2n) is 8.05. The molecule has 0 bridgehead atoms. The zero-order chi connectivity index (χ0) is 25.6. The van der Waals surface area contributed by atoms with Gasteiger partial charge in [0.05, 0.1) is 0 Å². The van der Waals surface area contributed by atoms with Crippen molar-refractivity contribution < 1.29 is 28.9 Å². The normalized spacial score (nSPS) is 19.8. The lowest BCUT2D eigenvalue weighted by Gasteiger charge is -2.49. The molecule has 1 fully saturated rings. The van der Waals surface area contributed by atoms with Gasteiger partial charge < -0.3 is 26.0 Å². The average molecular weight is 530 g/mol. The molecular formula is C21H21N8O5S2+. The highest BCUT2D eigenvalue weighted by molar-refractivity contribution is 8.00. The van der Waals surface area contributed by atoms with Crippen molar-refractivity contribution in [2.45, 2.75) is 24.9 Å². The van der Waals surface area contributed by atoms with Gasteiger partial charge in [0, 0.05) is 22.8 Å². The molecule has 13 nitrogen and oxygen atoms in total. The van der Waals surface area contributed by atoms with E-state index in [2.05, 4.69) is 25.4 Å². The van der Waals surface area contributed by atoms with Crippen LogP contribution in [0.3, 0.4) is 0 Å². The van der Waals surface area contributed by atoms with Crippen molar-refractivity contribution in [2.24, 2.45) is 5.16 Å². The number of aromatic amines is 1. The quantitative estimate of drug-likeness (QED) is 0.142. The van der Waals surface area contributed by atoms with Gasteiger partial charge in [-0.2, -0.15) is 4.57 Å². The highest BCUT2D eigenvalue weighted by Gasteiger charge is 2.54. The number of thiazole rings is 1. The lowest BCUT2D eigenvalue weighted by atomic mass is 10.0. The Morgan fingerprint density at radius 1 is 1.44 bits per heavy atom. The van der Waals surface area contributed by atoms with Crippen molar-refractivity contribution in [1.82, 2.24) is 25.2 Å². The molecule has 36 heavy (non-hydrogen) atoms. The molecule has 0 saturated carbocycles. The molecule has 15 heteroatoms. The summed E-state index contributed by atoms with van der Waals surface area (Å²) in [4.78, 5) is 55.6. The van der Waals surface area contributed by atoms with E-state index in [9.17, 15) is 19.5 Å². The van der Waals surface area contributed by atoms with Crippen molar-refractivity contribution >= 4 is 62.8 Å². The number of carbonyl (C=O) groups is 3. The fraction of sp³-hybridized carbons (Fsp3) is 0.286. The minimum absolute atomic E-state index is 0.0688. The van der Waals surface area contributed by atoms with Crippen molar-refractivity contribution in [3.63, 3.8) is 0 Å². The Hall–Kier alpha value is -3.98. The fourth-order valence-electron chi connectivity index (χ4n) is 4.15. The first-order valence-corrected chi connectivity index (χ1v) is 12.6. The van der Waals surface area contributed by atoms with Crippen LogP contribution in [0.4, 0.5) is 5.13 Å². The molecule has 3 aromatic rings. The summed E-state index contributed by atoms with van der Waals surface area (Å²) in [7, 11) is 1.28. The first kappa shape index (κ1) is 23.7. The number of hydrogen-bond donors (Lipinski definition) is 4. The van der Waals surface area contributed by atoms with E-state index in [0.29, 0.717) is 11.3 Å². The summed E-state index contributed by atoms with van der Waals surface area (Å²) in [6.45, 7) is 2.14. The number of aromatic nitrogens is 4. The Labute approximate surface area is 212 Å². The number of nitrogens with two attached hydrogens (primary N) is 1. The zero-order valence-electron chi connectivity index (χ0n) is 19.1. The number of β-lactam (4-membered cyclic amide) rings is 1. The molecule has 1 unspecified atom stereocenters. The van der Waals surface area contributed by atoms with Crippen molar-refractivity contribution in [1.29, 1.82) is 0 Å². The lowest BCUT2D eigenvalue weighted by Crippen LogP contribution is -2.71. The zero-order valence-corrected chi connectivity index (χ0v) is 20.7. The van der Waals surface area contributed by atoms with Crippen LogP contribution in [-0.4, -0.2) is 72.7 Å². The molecule has 5 heterocycles. The molecule has 186 valence electrons. The van der Waals surface area contributed by atoms with Crippen molar-refractivity contribution in [3.8, 4) is 0 Å². The highest BCUT2D eigenvalue weighted by Crippen LogP contribution is 2.40. The SMILES string of the molecule is CON=C(C(=O)NC1C(=O)N2C(C(=O)O)=C(C[n+]3ccc4nc(C)[nH]c4c3)CS[C@@H]12)c1csc(N)n1. The van der Waals surface area contributed by atoms with Crippen LogP contribution in [0.15, 0.2) is 40.3 Å². The number of imidazole rings is 1. The topological polar surface area (TPSA) is 180 Å². The number of pyridine rings is 1. The molecule has 2 atom stereocenters. The summed E-state index contributed by atoms with van der Waals surface area (Å²) in [6, 6.07) is 0.919. The van der Waals surface area contributed by atoms with Crippen LogP contribution < -0.4 is 15.6 Å². The number of aryl methyl sites for hydroxylation is 1. The molecule has 0 radical (unpaired) electrons. The van der Waals surface area contributed by atoms with Gasteiger partial charge in [0.25, 0.3) is 11.8 Å². The molecule has 0 aromatic carbocycles. The van der Waals surface area contributed by atoms with Gasteiger partial charge in [0.1, 0.15) is 46.8 Å². The number of carboxylic acid groups (broad SMARTS) is 1. The molecule has 2 amide bonds. The van der Waals surface area contributed by atoms with E-state index < -0.39 is 29.2 Å². The average Bonchev–Trinajstić information content (AvgIpc) is 3.44. The number of carbonyl (C=O) groups excluding carboxylic acids is 2. The predicted octanol–water partition coefficient (Wildman–Crippen LogP) is -0.0132. The van der Waals surface area contributed by atoms with Crippen LogP contribution in [0.2, 0.25) is 0 Å². The van der Waals surface area contributed by atoms with Crippen LogP contribution in [0.25, 0.3) is 11.0 Å². The number of thioether (sulfide) groups is 1. The lowest BCUT2D eigenvalue weighted by molar-refractivity contribution is -0.687. The highest BCUT2D eigenvalue weighted by atomic mass is 32.2. The number of nitrogens with one attached hydrogen (secondary N) is 2. The second kappa shape index (κ2) is 9.23. The summed E-state index contributed by atoms with van der Waals surface area (Å²) in [5, 5.41) is 17.5. The van der Waals surface area contributed by atoms with E-state index in [4.69, 9.17) is 10.6 Å². The van der Waals surface area contributed by atoms with Crippen LogP contribution in [0.1, 0.15) is 11.5 Å². The van der Waals surface area contributed by atoms with E-state index >= 15 is 0 Å². The first-order valence-electron chi connectivity index (χ1n) is 10.7. The van der Waals surface area contributed by atoms with E-state index in [-0.39, 0.29) is 28.8 Å². The number of hydrogen-bond acceptors (Lipinski definition) is 10. The molecule has 0 spiro atoms. The largest absolute Gasteiger partial charge is 0.477 e. The number of carboxylic acids is 1. The van der Waals surface area contributed by atoms with Gasteiger partial charge in [-0.1, -0.05) is 5.16 Å². The number of amides is 2. The third-order valence-electron chi connectivity index (χ3n) is 5.67. The van der Waals surface area contributed by atoms with E-state index in [1.165, 1.54) is 23.8 Å². The molecular weight excluding hydrogens is 508 g/mol. The van der Waals surface area contributed by atoms with Gasteiger partial charge >= 0.3 is 5.97 Å². The molecule has 1 saturated heterocycles. The summed E-state index contributed by atoms with van der Waals surface area (Å²) in [5.74, 6) is -1.25. The van der Waals surface area contributed by atoms with Crippen LogP contribution in [0, 0.1) is 6.92 Å². The monoisotopic (exact) mass is 529 g/mol. The van der Waals surface area contributed by atoms with Crippen LogP contribution in [0.5, 0.6) is 0 Å². The maximum absolute atomic E-state index is 13.0. The van der Waals surface area contributed by atoms with Gasteiger partial charge in [-0.05, 0) is 6.92 Å². The summed E-state index contributed by atoms with van der Waals surface area (Å²) in [6.07, 6.45) is 3.66. The van der Waals surface area contributed by atoms with E-state index in [0.717, 1.165) is 28.2 Å². The minimum Gasteiger partial charge on any atom is -0.477 e. The van der Waals surface area contributed by atoms with Crippen molar-refractivity contribution in [3.05, 3.63) is 46.6 Å². The number of H-pyrrole nitrogens is 1. The molecule has 0 aliphatic carbocycles. The third-order valence-corrected chi connectivity index (χ3v) is 7.68. The van der Waals surface area contributed by atoms with Gasteiger partial charge in [0.15, 0.2) is 29.8 Å².